The topological polar surface area (TPSA) is 207 Å². The van der Waals surface area contributed by atoms with Crippen LogP contribution in [-0.2, 0) is 38.4 Å². The van der Waals surface area contributed by atoms with E-state index in [0.717, 1.165) is 27.5 Å². The molecule has 300 valence electrons. The SMILES string of the molecule is NCCCC(=O)N[C@@H](Cc1c[nH]c2ccc(O)cc12)C(=O)N[C@@H](Cc1ccc(Cl)cc1)C(=O)N[C@]1(C(=O)NCCc2c[nH]c3ccc(F)cc23)C[C@H]1c1ccncc1. The number of halogens is 2. The van der Waals surface area contributed by atoms with Crippen LogP contribution in [-0.4, -0.2) is 74.4 Å². The number of aromatic nitrogens is 3. The zero-order valence-corrected chi connectivity index (χ0v) is 32.2. The Balaban J connectivity index is 1.14. The number of carbonyl (C=O) groups is 4. The van der Waals surface area contributed by atoms with E-state index < -0.39 is 41.3 Å². The van der Waals surface area contributed by atoms with Crippen LogP contribution in [0.1, 0.15) is 47.4 Å². The average molecular weight is 807 g/mol. The molecule has 0 aliphatic heterocycles. The first-order chi connectivity index (χ1) is 28.0. The molecule has 1 aliphatic rings. The summed E-state index contributed by atoms with van der Waals surface area (Å²) in [5, 5.41) is 23.8. The van der Waals surface area contributed by atoms with Gasteiger partial charge >= 0.3 is 0 Å². The lowest BCUT2D eigenvalue weighted by atomic mass is 10.0. The molecule has 7 rings (SSSR count). The highest BCUT2D eigenvalue weighted by molar-refractivity contribution is 6.30. The quantitative estimate of drug-likeness (QED) is 0.0665. The maximum atomic E-state index is 14.5. The van der Waals surface area contributed by atoms with Gasteiger partial charge in [0.15, 0.2) is 0 Å². The van der Waals surface area contributed by atoms with Crippen molar-refractivity contribution in [3.8, 4) is 5.75 Å². The Hall–Kier alpha value is -6.25. The number of nitrogens with one attached hydrogen (secondary N) is 6. The number of carbonyl (C=O) groups excluding carboxylic acids is 4. The minimum absolute atomic E-state index is 0.0394. The maximum absolute atomic E-state index is 14.5. The summed E-state index contributed by atoms with van der Waals surface area (Å²) in [4.78, 5) is 66.4. The van der Waals surface area contributed by atoms with E-state index in [0.29, 0.717) is 40.8 Å². The number of amides is 4. The molecule has 4 atom stereocenters. The number of rotatable bonds is 17. The van der Waals surface area contributed by atoms with Crippen molar-refractivity contribution >= 4 is 57.0 Å². The van der Waals surface area contributed by atoms with Gasteiger partial charge in [-0.2, -0.15) is 0 Å². The van der Waals surface area contributed by atoms with E-state index in [1.807, 2.05) is 0 Å². The van der Waals surface area contributed by atoms with Crippen molar-refractivity contribution in [1.82, 2.24) is 36.2 Å². The Kier molecular flexibility index (Phi) is 12.1. The van der Waals surface area contributed by atoms with Gasteiger partial charge in [0.2, 0.25) is 23.6 Å². The monoisotopic (exact) mass is 806 g/mol. The lowest BCUT2D eigenvalue weighted by Crippen LogP contribution is -2.59. The predicted octanol–water partition coefficient (Wildman–Crippen LogP) is 4.44. The fourth-order valence-electron chi connectivity index (χ4n) is 7.47. The number of hydrogen-bond donors (Lipinski definition) is 8. The first-order valence-electron chi connectivity index (χ1n) is 19.1. The number of phenolic OH excluding ortho intramolecular Hbond substituents is 1. The second-order valence-corrected chi connectivity index (χ2v) is 15.1. The summed E-state index contributed by atoms with van der Waals surface area (Å²) in [6, 6.07) is 17.4. The zero-order chi connectivity index (χ0) is 40.8. The molecular formula is C43H44ClFN8O5. The fourth-order valence-corrected chi connectivity index (χ4v) is 7.60. The van der Waals surface area contributed by atoms with Crippen LogP contribution in [0, 0.1) is 5.82 Å². The van der Waals surface area contributed by atoms with Crippen molar-refractivity contribution in [2.24, 2.45) is 5.73 Å². The van der Waals surface area contributed by atoms with Gasteiger partial charge in [-0.3, -0.25) is 24.2 Å². The minimum atomic E-state index is -1.35. The molecule has 4 amide bonds. The molecule has 1 saturated carbocycles. The predicted molar refractivity (Wildman–Crippen MR) is 218 cm³/mol. The number of nitrogens with two attached hydrogens (primary N) is 1. The second kappa shape index (κ2) is 17.5. The van der Waals surface area contributed by atoms with Crippen molar-refractivity contribution in [3.63, 3.8) is 0 Å². The third-order valence-corrected chi connectivity index (χ3v) is 10.9. The number of phenols is 1. The second-order valence-electron chi connectivity index (χ2n) is 14.7. The highest BCUT2D eigenvalue weighted by Gasteiger charge is 2.62. The molecule has 0 radical (unpaired) electrons. The number of aromatic hydroxyl groups is 1. The lowest BCUT2D eigenvalue weighted by Gasteiger charge is -2.26. The van der Waals surface area contributed by atoms with Gasteiger partial charge in [-0.15, -0.1) is 0 Å². The van der Waals surface area contributed by atoms with Crippen LogP contribution in [0.4, 0.5) is 4.39 Å². The highest BCUT2D eigenvalue weighted by Crippen LogP contribution is 2.51. The van der Waals surface area contributed by atoms with Crippen molar-refractivity contribution in [2.75, 3.05) is 13.1 Å². The lowest BCUT2D eigenvalue weighted by molar-refractivity contribution is -0.134. The van der Waals surface area contributed by atoms with Crippen LogP contribution in [0.15, 0.2) is 97.6 Å². The van der Waals surface area contributed by atoms with E-state index in [1.54, 1.807) is 85.5 Å². The van der Waals surface area contributed by atoms with Gasteiger partial charge in [-0.25, -0.2) is 4.39 Å². The largest absolute Gasteiger partial charge is 0.508 e. The van der Waals surface area contributed by atoms with Gasteiger partial charge in [-0.1, -0.05) is 23.7 Å². The van der Waals surface area contributed by atoms with Crippen molar-refractivity contribution in [2.45, 2.75) is 62.1 Å². The van der Waals surface area contributed by atoms with Gasteiger partial charge < -0.3 is 42.1 Å². The summed E-state index contributed by atoms with van der Waals surface area (Å²) in [7, 11) is 0. The maximum Gasteiger partial charge on any atom is 0.246 e. The number of hydrogen-bond acceptors (Lipinski definition) is 7. The summed E-state index contributed by atoms with van der Waals surface area (Å²) >= 11 is 6.17. The van der Waals surface area contributed by atoms with E-state index in [9.17, 15) is 28.7 Å². The molecule has 1 aliphatic carbocycles. The third-order valence-electron chi connectivity index (χ3n) is 10.7. The summed E-state index contributed by atoms with van der Waals surface area (Å²) in [5.41, 5.74) is 8.79. The molecule has 0 bridgehead atoms. The Bertz CT molecular complexity index is 2440. The molecule has 13 nitrogen and oxygen atoms in total. The van der Waals surface area contributed by atoms with E-state index >= 15 is 0 Å². The Morgan fingerprint density at radius 1 is 0.879 bits per heavy atom. The molecule has 0 spiro atoms. The Morgan fingerprint density at radius 2 is 1.57 bits per heavy atom. The van der Waals surface area contributed by atoms with Crippen molar-refractivity contribution in [1.29, 1.82) is 0 Å². The molecule has 3 aromatic heterocycles. The van der Waals surface area contributed by atoms with E-state index in [1.165, 1.54) is 12.1 Å². The van der Waals surface area contributed by atoms with E-state index in [4.69, 9.17) is 17.3 Å². The molecule has 6 aromatic rings. The van der Waals surface area contributed by atoms with Crippen LogP contribution >= 0.6 is 11.6 Å². The summed E-state index contributed by atoms with van der Waals surface area (Å²) < 4.78 is 14.0. The minimum Gasteiger partial charge on any atom is -0.508 e. The average Bonchev–Trinajstić information content (AvgIpc) is 3.61. The van der Waals surface area contributed by atoms with E-state index in [-0.39, 0.29) is 49.8 Å². The van der Waals surface area contributed by atoms with Gasteiger partial charge in [-0.05, 0) is 109 Å². The van der Waals surface area contributed by atoms with Crippen LogP contribution in [0.25, 0.3) is 21.8 Å². The van der Waals surface area contributed by atoms with Gasteiger partial charge in [0.05, 0.1) is 0 Å². The molecule has 0 unspecified atom stereocenters. The standard InChI is InChI=1S/C43H44ClFN8O5/c44-29-5-3-25(4-6-29)18-37(52-40(56)38(51-39(55)2-1-14-46)19-28-24-50-36-10-8-31(54)21-33(28)36)41(57)53-43(22-34(43)26-11-15-47-16-12-26)42(58)48-17-13-27-23-49-35-9-7-30(45)20-32(27)35/h3-12,15-16,20-21,23-24,34,37-38,49-50,54H,1-2,13-14,17-19,22,46H2,(H,48,58)(H,51,55)(H,52,56)(H,53,57)/t34-,37-,38-,43+/m0/s1. The normalized spacial score (nSPS) is 17.1. The van der Waals surface area contributed by atoms with Crippen molar-refractivity contribution in [3.05, 3.63) is 131 Å². The molecule has 58 heavy (non-hydrogen) atoms. The molecule has 3 heterocycles. The summed E-state index contributed by atoms with van der Waals surface area (Å²) in [6.45, 7) is 0.499. The molecule has 0 saturated heterocycles. The van der Waals surface area contributed by atoms with Gasteiger partial charge in [0.1, 0.15) is 29.2 Å². The van der Waals surface area contributed by atoms with Gasteiger partial charge in [0, 0.05) is 83.3 Å². The first-order valence-corrected chi connectivity index (χ1v) is 19.5. The van der Waals surface area contributed by atoms with Crippen LogP contribution in [0.3, 0.4) is 0 Å². The number of nitrogens with zero attached hydrogens (tertiary/aromatic N) is 1. The summed E-state index contributed by atoms with van der Waals surface area (Å²) in [6.07, 6.45) is 8.01. The molecule has 3 aromatic carbocycles. The van der Waals surface area contributed by atoms with Crippen molar-refractivity contribution < 1.29 is 28.7 Å². The number of aromatic amines is 2. The number of H-pyrrole nitrogens is 2. The van der Waals surface area contributed by atoms with Crippen LogP contribution < -0.4 is 27.0 Å². The van der Waals surface area contributed by atoms with Gasteiger partial charge in [0.25, 0.3) is 0 Å². The molecule has 9 N–H and O–H groups in total. The molecule has 1 fully saturated rings. The smallest absolute Gasteiger partial charge is 0.246 e. The van der Waals surface area contributed by atoms with E-state index in [2.05, 4.69) is 36.2 Å². The molecule has 15 heteroatoms. The third kappa shape index (κ3) is 9.14. The summed E-state index contributed by atoms with van der Waals surface area (Å²) in [5.74, 6) is -2.74. The highest BCUT2D eigenvalue weighted by atomic mass is 35.5. The fraction of sp³-hybridized carbons (Fsp3) is 0.279. The number of pyridine rings is 1. The number of fused-ring (bicyclic) bond motifs is 2. The van der Waals surface area contributed by atoms with Crippen LogP contribution in [0.5, 0.6) is 5.75 Å². The Labute approximate surface area is 338 Å². The molecular weight excluding hydrogens is 763 g/mol. The van der Waals surface area contributed by atoms with Crippen LogP contribution in [0.2, 0.25) is 5.02 Å². The number of benzene rings is 3. The first kappa shape index (κ1) is 40.0. The zero-order valence-electron chi connectivity index (χ0n) is 31.5. The Morgan fingerprint density at radius 3 is 2.31 bits per heavy atom.